The van der Waals surface area contributed by atoms with Crippen molar-refractivity contribution in [2.45, 2.75) is 0 Å². The van der Waals surface area contributed by atoms with Crippen LogP contribution in [0, 0.1) is 22.7 Å². The first-order valence-electron chi connectivity index (χ1n) is 16.0. The molecule has 0 aliphatic carbocycles. The van der Waals surface area contributed by atoms with Crippen LogP contribution in [0.25, 0.3) is 38.6 Å². The van der Waals surface area contributed by atoms with Gasteiger partial charge in [0.2, 0.25) is 0 Å². The number of fused-ring (bicyclic) bond motifs is 3. The van der Waals surface area contributed by atoms with E-state index in [0.717, 1.165) is 43.8 Å². The van der Waals surface area contributed by atoms with Crippen molar-refractivity contribution in [2.75, 3.05) is 0 Å². The topological polar surface area (TPSA) is 52.5 Å². The molecule has 224 valence electrons. The molecule has 48 heavy (non-hydrogen) atoms. The molecule has 0 amide bonds. The van der Waals surface area contributed by atoms with E-state index in [1.807, 2.05) is 36.4 Å². The molecule has 8 rings (SSSR count). The molecule has 1 aromatic heterocycles. The molecular formula is C44H29N3Si. The minimum atomic E-state index is -3.01. The van der Waals surface area contributed by atoms with Crippen molar-refractivity contribution in [3.8, 4) is 29.0 Å². The number of hydrogen-bond donors (Lipinski definition) is 0. The van der Waals surface area contributed by atoms with E-state index in [1.54, 1.807) is 0 Å². The molecule has 0 atom stereocenters. The lowest BCUT2D eigenvalue weighted by Gasteiger charge is -2.36. The maximum absolute atomic E-state index is 10.7. The quantitative estimate of drug-likeness (QED) is 0.141. The van der Waals surface area contributed by atoms with Crippen molar-refractivity contribution in [3.05, 3.63) is 187 Å². The van der Waals surface area contributed by atoms with E-state index >= 15 is 0 Å². The summed E-state index contributed by atoms with van der Waals surface area (Å²) in [6.07, 6.45) is 0. The van der Waals surface area contributed by atoms with Crippen molar-refractivity contribution in [1.82, 2.24) is 4.57 Å². The van der Waals surface area contributed by atoms with Crippen LogP contribution in [0.2, 0.25) is 0 Å². The largest absolute Gasteiger partial charge is 0.307 e. The Bertz CT molecular complexity index is 2370. The zero-order valence-electron chi connectivity index (χ0n) is 26.1. The fourth-order valence-corrected chi connectivity index (χ4v) is 12.4. The van der Waals surface area contributed by atoms with Gasteiger partial charge in [-0.3, -0.25) is 0 Å². The molecule has 0 aliphatic rings. The van der Waals surface area contributed by atoms with Crippen molar-refractivity contribution >= 4 is 50.6 Å². The van der Waals surface area contributed by atoms with Crippen LogP contribution in [-0.2, 0) is 0 Å². The van der Waals surface area contributed by atoms with Gasteiger partial charge in [0.1, 0.15) is 6.07 Å². The standard InChI is InChI=1S/C44H29N3Si/c45-30-32-27-28-43(48(34-16-4-1-5-17-34,35-18-6-2-7-19-35)36-20-8-3-9-21-36)40(29-32)39-24-14-15-33(31-46)44(39)47-41-25-12-10-22-37(41)38-23-11-13-26-42(38)47/h1-29H. The fourth-order valence-electron chi connectivity index (χ4n) is 7.45. The van der Waals surface area contributed by atoms with Gasteiger partial charge in [0.25, 0.3) is 0 Å². The van der Waals surface area contributed by atoms with Crippen LogP contribution in [0.15, 0.2) is 176 Å². The second kappa shape index (κ2) is 12.0. The van der Waals surface area contributed by atoms with Gasteiger partial charge in [-0.25, -0.2) is 0 Å². The lowest BCUT2D eigenvalue weighted by atomic mass is 9.98. The molecule has 0 saturated heterocycles. The highest BCUT2D eigenvalue weighted by atomic mass is 28.3. The SMILES string of the molecule is N#Cc1ccc([Si](c2ccccc2)(c2ccccc2)c2ccccc2)c(-c2cccc(C#N)c2-n2c3ccccc3c3ccccc32)c1. The third kappa shape index (κ3) is 4.48. The van der Waals surface area contributed by atoms with Crippen LogP contribution in [-0.4, -0.2) is 12.6 Å². The smallest absolute Gasteiger partial charge is 0.180 e. The van der Waals surface area contributed by atoms with Crippen LogP contribution >= 0.6 is 0 Å². The van der Waals surface area contributed by atoms with Gasteiger partial charge in [-0.2, -0.15) is 10.5 Å². The predicted octanol–water partition coefficient (Wildman–Crippen LogP) is 7.57. The molecule has 0 aliphatic heterocycles. The lowest BCUT2D eigenvalue weighted by molar-refractivity contribution is 1.17. The van der Waals surface area contributed by atoms with Crippen molar-refractivity contribution in [3.63, 3.8) is 0 Å². The summed E-state index contributed by atoms with van der Waals surface area (Å²) >= 11 is 0. The summed E-state index contributed by atoms with van der Waals surface area (Å²) < 4.78 is 2.23. The molecule has 4 heteroatoms. The molecule has 0 spiro atoms. The van der Waals surface area contributed by atoms with E-state index in [0.29, 0.717) is 11.1 Å². The summed E-state index contributed by atoms with van der Waals surface area (Å²) in [5.41, 5.74) is 5.86. The molecule has 0 bridgehead atoms. The first-order chi connectivity index (χ1) is 23.8. The van der Waals surface area contributed by atoms with Crippen LogP contribution in [0.3, 0.4) is 0 Å². The highest BCUT2D eigenvalue weighted by Gasteiger charge is 2.43. The van der Waals surface area contributed by atoms with Gasteiger partial charge in [-0.05, 0) is 56.6 Å². The van der Waals surface area contributed by atoms with Crippen LogP contribution in [0.5, 0.6) is 0 Å². The summed E-state index contributed by atoms with van der Waals surface area (Å²) in [6, 6.07) is 66.2. The summed E-state index contributed by atoms with van der Waals surface area (Å²) in [7, 11) is -3.01. The van der Waals surface area contributed by atoms with Crippen LogP contribution in [0.1, 0.15) is 11.1 Å². The van der Waals surface area contributed by atoms with Crippen LogP contribution < -0.4 is 20.7 Å². The van der Waals surface area contributed by atoms with E-state index in [2.05, 4.69) is 156 Å². The number of para-hydroxylation sites is 3. The lowest BCUT2D eigenvalue weighted by Crippen LogP contribution is -2.75. The van der Waals surface area contributed by atoms with Gasteiger partial charge in [0.05, 0.1) is 33.9 Å². The molecular weight excluding hydrogens is 599 g/mol. The molecule has 1 heterocycles. The average molecular weight is 628 g/mol. The highest BCUT2D eigenvalue weighted by molar-refractivity contribution is 7.20. The molecule has 3 nitrogen and oxygen atoms in total. The van der Waals surface area contributed by atoms with E-state index in [9.17, 15) is 10.5 Å². The number of rotatable bonds is 6. The molecule has 8 aromatic rings. The minimum absolute atomic E-state index is 0.568. The van der Waals surface area contributed by atoms with E-state index in [-0.39, 0.29) is 0 Å². The number of benzene rings is 7. The number of nitriles is 2. The number of aromatic nitrogens is 1. The highest BCUT2D eigenvalue weighted by Crippen LogP contribution is 2.38. The predicted molar refractivity (Wildman–Crippen MR) is 199 cm³/mol. The maximum atomic E-state index is 10.7. The molecule has 0 unspecified atom stereocenters. The second-order valence-electron chi connectivity index (χ2n) is 11.9. The summed E-state index contributed by atoms with van der Waals surface area (Å²) in [4.78, 5) is 0. The summed E-state index contributed by atoms with van der Waals surface area (Å²) in [5, 5.41) is 28.1. The fraction of sp³-hybridized carbons (Fsp3) is 0. The Hall–Kier alpha value is -6.46. The van der Waals surface area contributed by atoms with Gasteiger partial charge in [-0.15, -0.1) is 0 Å². The zero-order valence-corrected chi connectivity index (χ0v) is 27.1. The summed E-state index contributed by atoms with van der Waals surface area (Å²) in [6.45, 7) is 0. The molecule has 0 radical (unpaired) electrons. The first kappa shape index (κ1) is 29.0. The zero-order chi connectivity index (χ0) is 32.5. The van der Waals surface area contributed by atoms with Crippen molar-refractivity contribution in [1.29, 1.82) is 10.5 Å². The third-order valence-electron chi connectivity index (χ3n) is 9.42. The Labute approximate surface area is 280 Å². The molecule has 0 saturated carbocycles. The monoisotopic (exact) mass is 627 g/mol. The molecule has 7 aromatic carbocycles. The summed E-state index contributed by atoms with van der Waals surface area (Å²) in [5.74, 6) is 0. The van der Waals surface area contributed by atoms with Crippen molar-refractivity contribution < 1.29 is 0 Å². The van der Waals surface area contributed by atoms with Gasteiger partial charge < -0.3 is 4.57 Å². The van der Waals surface area contributed by atoms with Crippen molar-refractivity contribution in [2.24, 2.45) is 0 Å². The molecule has 0 fully saturated rings. The Morgan fingerprint density at radius 1 is 0.438 bits per heavy atom. The Morgan fingerprint density at radius 2 is 0.938 bits per heavy atom. The van der Waals surface area contributed by atoms with E-state index < -0.39 is 8.07 Å². The van der Waals surface area contributed by atoms with E-state index in [1.165, 1.54) is 15.6 Å². The Kier molecular flexibility index (Phi) is 7.27. The van der Waals surface area contributed by atoms with E-state index in [4.69, 9.17) is 0 Å². The maximum Gasteiger partial charge on any atom is 0.180 e. The molecule has 0 N–H and O–H groups in total. The minimum Gasteiger partial charge on any atom is -0.307 e. The van der Waals surface area contributed by atoms with Gasteiger partial charge in [0, 0.05) is 16.3 Å². The second-order valence-corrected chi connectivity index (χ2v) is 15.7. The normalized spacial score (nSPS) is 11.3. The third-order valence-corrected chi connectivity index (χ3v) is 14.3. The van der Waals surface area contributed by atoms with Gasteiger partial charge >= 0.3 is 0 Å². The number of hydrogen-bond acceptors (Lipinski definition) is 2. The Balaban J connectivity index is 1.56. The average Bonchev–Trinajstić information content (AvgIpc) is 3.50. The van der Waals surface area contributed by atoms with Gasteiger partial charge in [0.15, 0.2) is 8.07 Å². The first-order valence-corrected chi connectivity index (χ1v) is 18.0. The Morgan fingerprint density at radius 3 is 1.44 bits per heavy atom. The van der Waals surface area contributed by atoms with Gasteiger partial charge in [-0.1, -0.05) is 146 Å². The number of nitrogens with zero attached hydrogens (tertiary/aromatic N) is 3. The van der Waals surface area contributed by atoms with Crippen LogP contribution in [0.4, 0.5) is 0 Å².